The van der Waals surface area contributed by atoms with Gasteiger partial charge in [-0.05, 0) is 38.3 Å². The third-order valence-corrected chi connectivity index (χ3v) is 7.64. The molecule has 3 heterocycles. The summed E-state index contributed by atoms with van der Waals surface area (Å²) in [6, 6.07) is 17.9. The number of nitrogens with zero attached hydrogens (tertiary/aromatic N) is 4. The van der Waals surface area contributed by atoms with Crippen LogP contribution in [0, 0.1) is 0 Å². The van der Waals surface area contributed by atoms with Crippen molar-refractivity contribution < 1.29 is 18.8 Å². The highest BCUT2D eigenvalue weighted by Crippen LogP contribution is 2.36. The van der Waals surface area contributed by atoms with Crippen molar-refractivity contribution in [2.24, 2.45) is 0 Å². The Morgan fingerprint density at radius 3 is 2.58 bits per heavy atom. The molecule has 3 aromatic rings. The van der Waals surface area contributed by atoms with Crippen molar-refractivity contribution in [3.63, 3.8) is 0 Å². The smallest absolute Gasteiger partial charge is 0.257 e. The van der Waals surface area contributed by atoms with E-state index in [1.165, 1.54) is 6.42 Å². The number of aromatic nitrogens is 1. The van der Waals surface area contributed by atoms with Gasteiger partial charge in [0.05, 0.1) is 38.0 Å². The summed E-state index contributed by atoms with van der Waals surface area (Å²) in [4.78, 5) is 20.7. The van der Waals surface area contributed by atoms with Crippen LogP contribution in [0.2, 0.25) is 0 Å². The van der Waals surface area contributed by atoms with E-state index in [9.17, 15) is 4.79 Å². The predicted octanol–water partition coefficient (Wildman–Crippen LogP) is 4.70. The van der Waals surface area contributed by atoms with Crippen LogP contribution >= 0.6 is 0 Å². The number of ether oxygens (including phenoxy) is 2. The molecular formula is C30H38N4O4. The van der Waals surface area contributed by atoms with E-state index in [0.29, 0.717) is 30.4 Å². The number of hydrogen-bond acceptors (Lipinski definition) is 7. The maximum atomic E-state index is 14.1. The number of amides is 1. The molecule has 2 fully saturated rings. The molecule has 2 aromatic carbocycles. The minimum absolute atomic E-state index is 0.0615. The van der Waals surface area contributed by atoms with Crippen LogP contribution in [0.5, 0.6) is 5.75 Å². The minimum Gasteiger partial charge on any atom is -0.496 e. The highest BCUT2D eigenvalue weighted by atomic mass is 16.5. The molecule has 202 valence electrons. The van der Waals surface area contributed by atoms with Gasteiger partial charge in [0, 0.05) is 44.3 Å². The number of carbonyl (C=O) groups is 1. The Hall–Kier alpha value is -3.36. The SMILES string of the molecule is COc1ccccc1C(=O)N(CCN1CCOCC1)Cc1c(-c2ccccc2)noc1N1CCCC[C@@H]1C. The molecule has 1 atom stereocenters. The van der Waals surface area contributed by atoms with E-state index in [1.807, 2.05) is 59.5 Å². The number of morpholine rings is 1. The zero-order chi connectivity index (χ0) is 26.3. The van der Waals surface area contributed by atoms with Crippen molar-refractivity contribution in [2.75, 3.05) is 57.9 Å². The summed E-state index contributed by atoms with van der Waals surface area (Å²) < 4.78 is 17.2. The summed E-state index contributed by atoms with van der Waals surface area (Å²) in [6.07, 6.45) is 3.44. The number of hydrogen-bond donors (Lipinski definition) is 0. The molecule has 2 aliphatic rings. The van der Waals surface area contributed by atoms with E-state index in [-0.39, 0.29) is 5.91 Å². The van der Waals surface area contributed by atoms with Crippen LogP contribution in [0.3, 0.4) is 0 Å². The van der Waals surface area contributed by atoms with Crippen LogP contribution in [-0.4, -0.2) is 80.0 Å². The van der Waals surface area contributed by atoms with Gasteiger partial charge < -0.3 is 23.8 Å². The quantitative estimate of drug-likeness (QED) is 0.407. The lowest BCUT2D eigenvalue weighted by molar-refractivity contribution is 0.0320. The van der Waals surface area contributed by atoms with Gasteiger partial charge in [-0.25, -0.2) is 0 Å². The standard InChI is InChI=1S/C30H38N4O4/c1-23-10-8-9-15-34(23)30-26(28(31-38-30)24-11-4-3-5-12-24)22-33(17-16-32-18-20-37-21-19-32)29(35)25-13-6-7-14-27(25)36-2/h3-7,11-14,23H,8-10,15-22H2,1-2H3/t23-/m0/s1. The monoisotopic (exact) mass is 518 g/mol. The van der Waals surface area contributed by atoms with Gasteiger partial charge in [-0.1, -0.05) is 47.6 Å². The Morgan fingerprint density at radius 2 is 1.82 bits per heavy atom. The third kappa shape index (κ3) is 5.87. The molecule has 2 saturated heterocycles. The highest BCUT2D eigenvalue weighted by molar-refractivity contribution is 5.97. The van der Waals surface area contributed by atoms with E-state index in [0.717, 1.165) is 74.9 Å². The lowest BCUT2D eigenvalue weighted by Crippen LogP contribution is -2.43. The lowest BCUT2D eigenvalue weighted by atomic mass is 10.0. The van der Waals surface area contributed by atoms with Crippen molar-refractivity contribution in [2.45, 2.75) is 38.8 Å². The zero-order valence-electron chi connectivity index (χ0n) is 22.5. The Kier molecular flexibility index (Phi) is 8.61. The number of piperidine rings is 1. The van der Waals surface area contributed by atoms with Crippen LogP contribution in [0.1, 0.15) is 42.1 Å². The largest absolute Gasteiger partial charge is 0.496 e. The maximum absolute atomic E-state index is 14.1. The fourth-order valence-corrected chi connectivity index (χ4v) is 5.41. The van der Waals surface area contributed by atoms with Crippen LogP contribution in [0.25, 0.3) is 11.3 Å². The number of benzene rings is 2. The van der Waals surface area contributed by atoms with Crippen molar-refractivity contribution in [1.29, 1.82) is 0 Å². The Bertz CT molecular complexity index is 1190. The van der Waals surface area contributed by atoms with Gasteiger partial charge in [-0.2, -0.15) is 0 Å². The Labute approximate surface area is 225 Å². The van der Waals surface area contributed by atoms with Crippen molar-refractivity contribution in [1.82, 2.24) is 15.0 Å². The highest BCUT2D eigenvalue weighted by Gasteiger charge is 2.30. The van der Waals surface area contributed by atoms with Crippen molar-refractivity contribution >= 4 is 11.8 Å². The molecule has 0 unspecified atom stereocenters. The molecule has 0 aliphatic carbocycles. The second kappa shape index (κ2) is 12.5. The number of para-hydroxylation sites is 1. The molecule has 0 saturated carbocycles. The zero-order valence-corrected chi connectivity index (χ0v) is 22.5. The summed E-state index contributed by atoms with van der Waals surface area (Å²) >= 11 is 0. The number of methoxy groups -OCH3 is 1. The van der Waals surface area contributed by atoms with Crippen molar-refractivity contribution in [3.05, 3.63) is 65.7 Å². The molecule has 2 aliphatic heterocycles. The third-order valence-electron chi connectivity index (χ3n) is 7.64. The van der Waals surface area contributed by atoms with E-state index < -0.39 is 0 Å². The van der Waals surface area contributed by atoms with Crippen LogP contribution in [-0.2, 0) is 11.3 Å². The topological polar surface area (TPSA) is 71.3 Å². The summed E-state index contributed by atoms with van der Waals surface area (Å²) in [5, 5.41) is 4.56. The van der Waals surface area contributed by atoms with Crippen LogP contribution < -0.4 is 9.64 Å². The second-order valence-electron chi connectivity index (χ2n) is 10.1. The molecule has 8 nitrogen and oxygen atoms in total. The summed E-state index contributed by atoms with van der Waals surface area (Å²) in [5.41, 5.74) is 3.29. The summed E-state index contributed by atoms with van der Waals surface area (Å²) in [5.74, 6) is 1.29. The van der Waals surface area contributed by atoms with E-state index in [4.69, 9.17) is 14.0 Å². The first kappa shape index (κ1) is 26.3. The normalized spacial score (nSPS) is 18.4. The molecule has 0 N–H and O–H groups in total. The van der Waals surface area contributed by atoms with E-state index in [2.05, 4.69) is 21.9 Å². The summed E-state index contributed by atoms with van der Waals surface area (Å²) in [6.45, 7) is 8.09. The van der Waals surface area contributed by atoms with Gasteiger partial charge in [-0.15, -0.1) is 0 Å². The fraction of sp³-hybridized carbons (Fsp3) is 0.467. The number of anilines is 1. The predicted molar refractivity (Wildman–Crippen MR) is 148 cm³/mol. The average Bonchev–Trinajstić information content (AvgIpc) is 3.39. The molecule has 8 heteroatoms. The first-order valence-corrected chi connectivity index (χ1v) is 13.7. The average molecular weight is 519 g/mol. The number of carbonyl (C=O) groups excluding carboxylic acids is 1. The van der Waals surface area contributed by atoms with Crippen LogP contribution in [0.4, 0.5) is 5.88 Å². The van der Waals surface area contributed by atoms with Gasteiger partial charge in [0.15, 0.2) is 0 Å². The first-order valence-electron chi connectivity index (χ1n) is 13.7. The van der Waals surface area contributed by atoms with Gasteiger partial charge in [-0.3, -0.25) is 9.69 Å². The summed E-state index contributed by atoms with van der Waals surface area (Å²) in [7, 11) is 1.60. The first-order chi connectivity index (χ1) is 18.7. The van der Waals surface area contributed by atoms with E-state index in [1.54, 1.807) is 7.11 Å². The van der Waals surface area contributed by atoms with Crippen LogP contribution in [0.15, 0.2) is 59.1 Å². The van der Waals surface area contributed by atoms with Crippen molar-refractivity contribution in [3.8, 4) is 17.0 Å². The molecule has 1 amide bonds. The number of rotatable bonds is 9. The van der Waals surface area contributed by atoms with Gasteiger partial charge in [0.25, 0.3) is 5.91 Å². The molecule has 5 rings (SSSR count). The van der Waals surface area contributed by atoms with Gasteiger partial charge >= 0.3 is 0 Å². The second-order valence-corrected chi connectivity index (χ2v) is 10.1. The van der Waals surface area contributed by atoms with Gasteiger partial charge in [0.1, 0.15) is 11.4 Å². The molecule has 1 aromatic heterocycles. The minimum atomic E-state index is -0.0615. The lowest BCUT2D eigenvalue weighted by Gasteiger charge is -2.34. The molecule has 0 bridgehead atoms. The van der Waals surface area contributed by atoms with Gasteiger partial charge in [0.2, 0.25) is 5.88 Å². The molecular weight excluding hydrogens is 480 g/mol. The Balaban J connectivity index is 1.51. The molecule has 38 heavy (non-hydrogen) atoms. The Morgan fingerprint density at radius 1 is 1.05 bits per heavy atom. The van der Waals surface area contributed by atoms with E-state index >= 15 is 0 Å². The maximum Gasteiger partial charge on any atom is 0.257 e. The molecule has 0 spiro atoms. The molecule has 0 radical (unpaired) electrons. The fourth-order valence-electron chi connectivity index (χ4n) is 5.41.